The van der Waals surface area contributed by atoms with Gasteiger partial charge in [0.15, 0.2) is 18.0 Å². The lowest BCUT2D eigenvalue weighted by Gasteiger charge is -2.22. The number of hydrogen-bond donors (Lipinski definition) is 2. The molecule has 5 nitrogen and oxygen atoms in total. The predicted molar refractivity (Wildman–Crippen MR) is 105 cm³/mol. The number of carbonyl (C=O) groups excluding carboxylic acids is 1. The molecular formula is C21H24ClN2O3+. The molecule has 27 heavy (non-hydrogen) atoms. The highest BCUT2D eigenvalue weighted by Gasteiger charge is 2.32. The van der Waals surface area contributed by atoms with E-state index in [4.69, 9.17) is 21.1 Å². The third-order valence-electron chi connectivity index (χ3n) is 5.17. The summed E-state index contributed by atoms with van der Waals surface area (Å²) in [6, 6.07) is 13.7. The molecule has 0 radical (unpaired) electrons. The summed E-state index contributed by atoms with van der Waals surface area (Å²) in [7, 11) is 0. The summed E-state index contributed by atoms with van der Waals surface area (Å²) >= 11 is 5.90. The maximum atomic E-state index is 12.5. The molecule has 2 aliphatic rings. The van der Waals surface area contributed by atoms with Crippen LogP contribution in [-0.4, -0.2) is 32.2 Å². The molecule has 0 saturated carbocycles. The molecule has 2 aromatic rings. The smallest absolute Gasteiger partial charge is 0.279 e. The van der Waals surface area contributed by atoms with Gasteiger partial charge in [0.25, 0.3) is 5.91 Å². The van der Waals surface area contributed by atoms with E-state index < -0.39 is 0 Å². The van der Waals surface area contributed by atoms with Crippen LogP contribution >= 0.6 is 11.6 Å². The van der Waals surface area contributed by atoms with E-state index >= 15 is 0 Å². The van der Waals surface area contributed by atoms with Crippen LogP contribution in [0.1, 0.15) is 30.9 Å². The Morgan fingerprint density at radius 3 is 2.67 bits per heavy atom. The number of amides is 1. The second kappa shape index (κ2) is 8.19. The summed E-state index contributed by atoms with van der Waals surface area (Å²) in [6.45, 7) is 2.81. The molecule has 1 amide bonds. The number of carbonyl (C=O) groups is 1. The van der Waals surface area contributed by atoms with Crippen molar-refractivity contribution in [2.75, 3.05) is 31.6 Å². The number of anilines is 1. The van der Waals surface area contributed by atoms with Gasteiger partial charge in [-0.15, -0.1) is 0 Å². The zero-order valence-corrected chi connectivity index (χ0v) is 15.9. The molecule has 6 heteroatoms. The van der Waals surface area contributed by atoms with Crippen molar-refractivity contribution in [2.24, 2.45) is 0 Å². The van der Waals surface area contributed by atoms with Crippen LogP contribution in [0, 0.1) is 0 Å². The average Bonchev–Trinajstić information content (AvgIpc) is 2.99. The van der Waals surface area contributed by atoms with Crippen molar-refractivity contribution in [2.45, 2.75) is 25.3 Å². The first-order valence-electron chi connectivity index (χ1n) is 9.48. The standard InChI is InChI=1S/C21H23ClN2O3/c22-16-5-7-17(8-6-16)23-21(25)14-24-10-1-3-18(24)15-4-9-19-20(13-15)27-12-2-11-26-19/h4-9,13,18H,1-3,10-12,14H2,(H,23,25)/p+1/t18-/m1/s1. The minimum absolute atomic E-state index is 0.0218. The van der Waals surface area contributed by atoms with E-state index in [-0.39, 0.29) is 5.91 Å². The Bertz CT molecular complexity index is 810. The summed E-state index contributed by atoms with van der Waals surface area (Å²) in [4.78, 5) is 13.8. The maximum absolute atomic E-state index is 12.5. The summed E-state index contributed by atoms with van der Waals surface area (Å²) in [5.41, 5.74) is 1.99. The summed E-state index contributed by atoms with van der Waals surface area (Å²) in [5, 5.41) is 3.62. The highest BCUT2D eigenvalue weighted by molar-refractivity contribution is 6.30. The zero-order chi connectivity index (χ0) is 18.6. The average molecular weight is 388 g/mol. The molecule has 2 aromatic carbocycles. The van der Waals surface area contributed by atoms with Gasteiger partial charge in [-0.3, -0.25) is 4.79 Å². The van der Waals surface area contributed by atoms with Crippen molar-refractivity contribution in [3.8, 4) is 11.5 Å². The minimum atomic E-state index is 0.0218. The van der Waals surface area contributed by atoms with Crippen molar-refractivity contribution in [1.29, 1.82) is 0 Å². The Balaban J connectivity index is 1.43. The molecule has 0 bridgehead atoms. The molecule has 2 atom stereocenters. The first-order valence-corrected chi connectivity index (χ1v) is 9.86. The highest BCUT2D eigenvalue weighted by atomic mass is 35.5. The quantitative estimate of drug-likeness (QED) is 0.848. The third kappa shape index (κ3) is 4.37. The van der Waals surface area contributed by atoms with E-state index in [1.165, 1.54) is 10.5 Å². The number of likely N-dealkylation sites (tertiary alicyclic amines) is 1. The second-order valence-corrected chi connectivity index (χ2v) is 7.53. The van der Waals surface area contributed by atoms with Crippen LogP contribution in [0.3, 0.4) is 0 Å². The van der Waals surface area contributed by atoms with Crippen molar-refractivity contribution in [1.82, 2.24) is 0 Å². The zero-order valence-electron chi connectivity index (χ0n) is 15.2. The number of hydrogen-bond acceptors (Lipinski definition) is 3. The highest BCUT2D eigenvalue weighted by Crippen LogP contribution is 2.33. The van der Waals surface area contributed by atoms with Gasteiger partial charge in [-0.2, -0.15) is 0 Å². The van der Waals surface area contributed by atoms with Crippen LogP contribution in [0.2, 0.25) is 5.02 Å². The molecule has 1 saturated heterocycles. The molecule has 4 rings (SSSR count). The maximum Gasteiger partial charge on any atom is 0.279 e. The fourth-order valence-electron chi connectivity index (χ4n) is 3.87. The first kappa shape index (κ1) is 18.1. The Morgan fingerprint density at radius 2 is 1.85 bits per heavy atom. The molecule has 0 aliphatic carbocycles. The number of quaternary nitrogens is 1. The minimum Gasteiger partial charge on any atom is -0.490 e. The monoisotopic (exact) mass is 387 g/mol. The molecule has 0 spiro atoms. The molecule has 1 unspecified atom stereocenters. The fourth-order valence-corrected chi connectivity index (χ4v) is 3.99. The number of benzene rings is 2. The van der Waals surface area contributed by atoms with Crippen LogP contribution in [0.15, 0.2) is 42.5 Å². The molecule has 1 fully saturated rings. The van der Waals surface area contributed by atoms with Gasteiger partial charge in [-0.1, -0.05) is 11.6 Å². The van der Waals surface area contributed by atoms with Crippen LogP contribution < -0.4 is 19.7 Å². The van der Waals surface area contributed by atoms with Crippen LogP contribution in [0.4, 0.5) is 5.69 Å². The summed E-state index contributed by atoms with van der Waals surface area (Å²) in [6.07, 6.45) is 3.08. The molecule has 0 aromatic heterocycles. The number of ether oxygens (including phenoxy) is 2. The first-order chi connectivity index (χ1) is 13.2. The van der Waals surface area contributed by atoms with Gasteiger partial charge in [0.2, 0.25) is 0 Å². The van der Waals surface area contributed by atoms with Gasteiger partial charge in [0.05, 0.1) is 19.8 Å². The van der Waals surface area contributed by atoms with E-state index in [1.54, 1.807) is 12.1 Å². The number of nitrogens with one attached hydrogen (secondary N) is 2. The molecular weight excluding hydrogens is 364 g/mol. The van der Waals surface area contributed by atoms with Crippen molar-refractivity contribution in [3.63, 3.8) is 0 Å². The van der Waals surface area contributed by atoms with E-state index in [1.807, 2.05) is 18.2 Å². The van der Waals surface area contributed by atoms with E-state index in [9.17, 15) is 4.79 Å². The number of fused-ring (bicyclic) bond motifs is 1. The molecule has 142 valence electrons. The Kier molecular flexibility index (Phi) is 5.50. The summed E-state index contributed by atoms with van der Waals surface area (Å²) in [5.74, 6) is 1.66. The SMILES string of the molecule is O=C(C[NH+]1CCC[C@@H]1c1ccc2c(c1)OCCCO2)Nc1ccc(Cl)cc1. The lowest BCUT2D eigenvalue weighted by molar-refractivity contribution is -0.910. The Hall–Kier alpha value is -2.24. The predicted octanol–water partition coefficient (Wildman–Crippen LogP) is 2.86. The Morgan fingerprint density at radius 1 is 1.07 bits per heavy atom. The van der Waals surface area contributed by atoms with Crippen molar-refractivity contribution < 1.29 is 19.2 Å². The lowest BCUT2D eigenvalue weighted by Crippen LogP contribution is -3.11. The normalized spacial score (nSPS) is 21.5. The third-order valence-corrected chi connectivity index (χ3v) is 5.43. The molecule has 2 heterocycles. The van der Waals surface area contributed by atoms with Crippen LogP contribution in [0.5, 0.6) is 11.5 Å². The van der Waals surface area contributed by atoms with Gasteiger partial charge in [-0.25, -0.2) is 0 Å². The topological polar surface area (TPSA) is 52.0 Å². The van der Waals surface area contributed by atoms with E-state index in [0.717, 1.165) is 43.0 Å². The molecule has 2 N–H and O–H groups in total. The van der Waals surface area contributed by atoms with E-state index in [2.05, 4.69) is 17.4 Å². The van der Waals surface area contributed by atoms with Gasteiger partial charge in [0.1, 0.15) is 6.04 Å². The van der Waals surface area contributed by atoms with Crippen LogP contribution in [-0.2, 0) is 4.79 Å². The van der Waals surface area contributed by atoms with Crippen LogP contribution in [0.25, 0.3) is 0 Å². The number of rotatable bonds is 4. The van der Waals surface area contributed by atoms with Gasteiger partial charge < -0.3 is 19.7 Å². The van der Waals surface area contributed by atoms with E-state index in [0.29, 0.717) is 30.8 Å². The van der Waals surface area contributed by atoms with Gasteiger partial charge in [-0.05, 0) is 42.5 Å². The number of halogens is 1. The van der Waals surface area contributed by atoms with Crippen molar-refractivity contribution in [3.05, 3.63) is 53.1 Å². The van der Waals surface area contributed by atoms with Crippen molar-refractivity contribution >= 4 is 23.2 Å². The van der Waals surface area contributed by atoms with Gasteiger partial charge >= 0.3 is 0 Å². The molecule has 2 aliphatic heterocycles. The largest absolute Gasteiger partial charge is 0.490 e. The lowest BCUT2D eigenvalue weighted by atomic mass is 10.0. The summed E-state index contributed by atoms with van der Waals surface area (Å²) < 4.78 is 11.6. The second-order valence-electron chi connectivity index (χ2n) is 7.09. The van der Waals surface area contributed by atoms with Gasteiger partial charge in [0, 0.05) is 35.5 Å². The fraction of sp³-hybridized carbons (Fsp3) is 0.381. The Labute approximate surface area is 164 Å².